The smallest absolute Gasteiger partial charge is 0.225 e. The highest BCUT2D eigenvalue weighted by atomic mass is 16.6. The van der Waals surface area contributed by atoms with Crippen molar-refractivity contribution in [3.8, 4) is 11.5 Å². The van der Waals surface area contributed by atoms with Gasteiger partial charge in [-0.3, -0.25) is 0 Å². The molecule has 0 unspecified atom stereocenters. The van der Waals surface area contributed by atoms with E-state index in [4.69, 9.17) is 10.3 Å². The number of benzene rings is 1. The summed E-state index contributed by atoms with van der Waals surface area (Å²) in [4.78, 5) is 8.62. The maximum atomic E-state index is 5.21. The summed E-state index contributed by atoms with van der Waals surface area (Å²) in [6.07, 6.45) is 3.97. The molecule has 4 nitrogen and oxygen atoms in total. The summed E-state index contributed by atoms with van der Waals surface area (Å²) >= 11 is 0. The SMILES string of the molecule is NOCCc1cccc(-c2ncco2)c1. The molecule has 2 N–H and O–H groups in total. The number of nitrogens with zero attached hydrogens (tertiary/aromatic N) is 1. The zero-order valence-corrected chi connectivity index (χ0v) is 8.22. The molecule has 0 aliphatic carbocycles. The molecule has 2 rings (SSSR count). The van der Waals surface area contributed by atoms with Gasteiger partial charge in [0, 0.05) is 5.56 Å². The van der Waals surface area contributed by atoms with E-state index in [1.54, 1.807) is 12.5 Å². The fourth-order valence-electron chi connectivity index (χ4n) is 1.40. The van der Waals surface area contributed by atoms with E-state index >= 15 is 0 Å². The van der Waals surface area contributed by atoms with Gasteiger partial charge in [-0.15, -0.1) is 0 Å². The number of hydrogen-bond donors (Lipinski definition) is 1. The third-order valence-corrected chi connectivity index (χ3v) is 2.11. The van der Waals surface area contributed by atoms with Gasteiger partial charge in [-0.1, -0.05) is 12.1 Å². The minimum absolute atomic E-state index is 0.509. The molecule has 0 aliphatic rings. The van der Waals surface area contributed by atoms with Crippen molar-refractivity contribution in [2.45, 2.75) is 6.42 Å². The van der Waals surface area contributed by atoms with Gasteiger partial charge in [0.1, 0.15) is 6.26 Å². The van der Waals surface area contributed by atoms with Crippen molar-refractivity contribution < 1.29 is 9.25 Å². The summed E-state index contributed by atoms with van der Waals surface area (Å²) in [6, 6.07) is 7.96. The Morgan fingerprint density at radius 3 is 3.07 bits per heavy atom. The van der Waals surface area contributed by atoms with Crippen molar-refractivity contribution in [3.63, 3.8) is 0 Å². The average Bonchev–Trinajstić information content (AvgIpc) is 2.80. The highest BCUT2D eigenvalue weighted by molar-refractivity contribution is 5.53. The molecule has 15 heavy (non-hydrogen) atoms. The summed E-state index contributed by atoms with van der Waals surface area (Å²) in [7, 11) is 0. The quantitative estimate of drug-likeness (QED) is 0.771. The first-order chi connectivity index (χ1) is 7.40. The first kappa shape index (κ1) is 9.89. The normalized spacial score (nSPS) is 10.5. The van der Waals surface area contributed by atoms with Gasteiger partial charge in [-0.2, -0.15) is 0 Å². The Morgan fingerprint density at radius 1 is 1.40 bits per heavy atom. The lowest BCUT2D eigenvalue weighted by atomic mass is 10.1. The predicted octanol–water partition coefficient (Wildman–Crippen LogP) is 1.77. The summed E-state index contributed by atoms with van der Waals surface area (Å²) in [5.74, 6) is 5.61. The van der Waals surface area contributed by atoms with Gasteiger partial charge >= 0.3 is 0 Å². The van der Waals surface area contributed by atoms with Crippen molar-refractivity contribution in [2.75, 3.05) is 6.61 Å². The predicted molar refractivity (Wildman–Crippen MR) is 55.8 cm³/mol. The van der Waals surface area contributed by atoms with Crippen molar-refractivity contribution in [2.24, 2.45) is 5.90 Å². The molecular formula is C11H12N2O2. The number of hydrogen-bond acceptors (Lipinski definition) is 4. The van der Waals surface area contributed by atoms with Crippen LogP contribution >= 0.6 is 0 Å². The van der Waals surface area contributed by atoms with Crippen LogP contribution in [0.25, 0.3) is 11.5 Å². The van der Waals surface area contributed by atoms with Crippen LogP contribution in [0.1, 0.15) is 5.56 Å². The van der Waals surface area contributed by atoms with Crippen molar-refractivity contribution in [1.29, 1.82) is 0 Å². The summed E-state index contributed by atoms with van der Waals surface area (Å²) in [6.45, 7) is 0.509. The summed E-state index contributed by atoms with van der Waals surface area (Å²) in [5.41, 5.74) is 2.12. The van der Waals surface area contributed by atoms with E-state index in [1.165, 1.54) is 0 Å². The molecule has 1 aromatic carbocycles. The zero-order chi connectivity index (χ0) is 10.5. The summed E-state index contributed by atoms with van der Waals surface area (Å²) < 4.78 is 5.21. The molecule has 0 bridgehead atoms. The highest BCUT2D eigenvalue weighted by Crippen LogP contribution is 2.18. The van der Waals surface area contributed by atoms with Crippen molar-refractivity contribution in [3.05, 3.63) is 42.3 Å². The molecule has 2 aromatic rings. The van der Waals surface area contributed by atoms with E-state index in [-0.39, 0.29) is 0 Å². The van der Waals surface area contributed by atoms with E-state index < -0.39 is 0 Å². The van der Waals surface area contributed by atoms with Gasteiger partial charge in [-0.05, 0) is 24.1 Å². The molecule has 0 saturated heterocycles. The monoisotopic (exact) mass is 204 g/mol. The van der Waals surface area contributed by atoms with Crippen LogP contribution in [-0.2, 0) is 11.3 Å². The molecule has 0 atom stereocenters. The van der Waals surface area contributed by atoms with Crippen LogP contribution in [-0.4, -0.2) is 11.6 Å². The molecule has 1 heterocycles. The Kier molecular flexibility index (Phi) is 3.11. The van der Waals surface area contributed by atoms with Crippen molar-refractivity contribution >= 4 is 0 Å². The lowest BCUT2D eigenvalue weighted by molar-refractivity contribution is 0.141. The fraction of sp³-hybridized carbons (Fsp3) is 0.182. The number of nitrogens with two attached hydrogens (primary N) is 1. The molecular weight excluding hydrogens is 192 g/mol. The Morgan fingerprint density at radius 2 is 2.33 bits per heavy atom. The number of rotatable bonds is 4. The molecule has 4 heteroatoms. The third kappa shape index (κ3) is 2.43. The number of aromatic nitrogens is 1. The second-order valence-electron chi connectivity index (χ2n) is 3.16. The van der Waals surface area contributed by atoms with Crippen LogP contribution < -0.4 is 5.90 Å². The Bertz CT molecular complexity index is 412. The molecule has 0 amide bonds. The molecule has 0 spiro atoms. The topological polar surface area (TPSA) is 61.3 Å². The molecule has 78 valence electrons. The van der Waals surface area contributed by atoms with Crippen LogP contribution in [0, 0.1) is 0 Å². The fourth-order valence-corrected chi connectivity index (χ4v) is 1.40. The van der Waals surface area contributed by atoms with Gasteiger partial charge in [0.2, 0.25) is 5.89 Å². The maximum absolute atomic E-state index is 5.21. The van der Waals surface area contributed by atoms with Crippen LogP contribution in [0.5, 0.6) is 0 Å². The molecule has 0 fully saturated rings. The Balaban J connectivity index is 2.19. The lowest BCUT2D eigenvalue weighted by Crippen LogP contribution is -2.03. The highest BCUT2D eigenvalue weighted by Gasteiger charge is 2.02. The van der Waals surface area contributed by atoms with Crippen LogP contribution in [0.2, 0.25) is 0 Å². The third-order valence-electron chi connectivity index (χ3n) is 2.11. The van der Waals surface area contributed by atoms with E-state index in [1.807, 2.05) is 24.3 Å². The van der Waals surface area contributed by atoms with Gasteiger partial charge in [0.05, 0.1) is 12.8 Å². The largest absolute Gasteiger partial charge is 0.445 e. The second-order valence-corrected chi connectivity index (χ2v) is 3.16. The Hall–Kier alpha value is -1.65. The van der Waals surface area contributed by atoms with E-state index in [0.29, 0.717) is 12.5 Å². The zero-order valence-electron chi connectivity index (χ0n) is 8.22. The minimum Gasteiger partial charge on any atom is -0.445 e. The standard InChI is InChI=1S/C11H12N2O2/c12-15-6-4-9-2-1-3-10(8-9)11-13-5-7-14-11/h1-3,5,7-8H,4,6,12H2. The van der Waals surface area contributed by atoms with Gasteiger partial charge < -0.3 is 9.25 Å². The molecule has 1 aromatic heterocycles. The summed E-state index contributed by atoms with van der Waals surface area (Å²) in [5, 5.41) is 0. The molecule has 0 radical (unpaired) electrons. The van der Waals surface area contributed by atoms with Gasteiger partial charge in [0.15, 0.2) is 0 Å². The van der Waals surface area contributed by atoms with E-state index in [9.17, 15) is 0 Å². The minimum atomic E-state index is 0.509. The maximum Gasteiger partial charge on any atom is 0.225 e. The van der Waals surface area contributed by atoms with Crippen molar-refractivity contribution in [1.82, 2.24) is 4.98 Å². The van der Waals surface area contributed by atoms with Crippen LogP contribution in [0.15, 0.2) is 41.1 Å². The average molecular weight is 204 g/mol. The van der Waals surface area contributed by atoms with Gasteiger partial charge in [0.25, 0.3) is 0 Å². The van der Waals surface area contributed by atoms with Gasteiger partial charge in [-0.25, -0.2) is 10.9 Å². The lowest BCUT2D eigenvalue weighted by Gasteiger charge is -2.01. The molecule has 0 saturated carbocycles. The van der Waals surface area contributed by atoms with Crippen LogP contribution in [0.4, 0.5) is 0 Å². The van der Waals surface area contributed by atoms with Crippen LogP contribution in [0.3, 0.4) is 0 Å². The Labute approximate surface area is 87.6 Å². The molecule has 0 aliphatic heterocycles. The number of oxazole rings is 1. The van der Waals surface area contributed by atoms with E-state index in [2.05, 4.69) is 9.82 Å². The second kappa shape index (κ2) is 4.72. The first-order valence-electron chi connectivity index (χ1n) is 4.70. The van der Waals surface area contributed by atoms with E-state index in [0.717, 1.165) is 17.5 Å². The first-order valence-corrected chi connectivity index (χ1v) is 4.70.